The van der Waals surface area contributed by atoms with Gasteiger partial charge in [-0.15, -0.1) is 0 Å². The number of rotatable bonds is 0. The molecule has 1 rings (SSSR count). The van der Waals surface area contributed by atoms with Gasteiger partial charge < -0.3 is 0 Å². The summed E-state index contributed by atoms with van der Waals surface area (Å²) in [5, 5.41) is 0. The van der Waals surface area contributed by atoms with E-state index in [0.717, 1.165) is 3.63 Å². The molecule has 1 aliphatic rings. The summed E-state index contributed by atoms with van der Waals surface area (Å²) in [6.07, 6.45) is 3.02. The van der Waals surface area contributed by atoms with E-state index in [1.165, 1.54) is 6.08 Å². The average molecular weight is 225 g/mol. The van der Waals surface area contributed by atoms with Gasteiger partial charge in [-0.1, -0.05) is 20.7 Å². The zero-order chi connectivity index (χ0) is 5.98. The molecule has 0 saturated carbocycles. The van der Waals surface area contributed by atoms with Crippen LogP contribution < -0.4 is 5.73 Å². The van der Waals surface area contributed by atoms with Gasteiger partial charge in [0.25, 0.3) is 0 Å². The number of allylic oxidation sites excluding steroid dienone is 2. The highest BCUT2D eigenvalue weighted by Crippen LogP contribution is 2.13. The van der Waals surface area contributed by atoms with E-state index in [-0.39, 0.29) is 26.6 Å². The molecule has 1 aliphatic heterocycles. The van der Waals surface area contributed by atoms with Crippen molar-refractivity contribution in [1.82, 2.24) is 0 Å². The van der Waals surface area contributed by atoms with Crippen LogP contribution in [0.4, 0.5) is 4.39 Å². The molecule has 8 heavy (non-hydrogen) atoms. The largest absolute Gasteiger partial charge is 0.298 e. The molecule has 0 fully saturated rings. The average Bonchev–Trinajstić information content (AvgIpc) is 1.77. The Bertz CT molecular complexity index is 161. The highest BCUT2D eigenvalue weighted by molar-refractivity contribution is 14.2. The Morgan fingerprint density at radius 1 is 1.50 bits per heavy atom. The molecule has 1 nitrogen and oxygen atoms in total. The van der Waals surface area contributed by atoms with Crippen LogP contribution >= 0.6 is 20.7 Å². The zero-order valence-electron chi connectivity index (χ0n) is 4.07. The van der Waals surface area contributed by atoms with Gasteiger partial charge in [-0.3, -0.25) is 5.73 Å². The van der Waals surface area contributed by atoms with Gasteiger partial charge in [0.05, 0.1) is 0 Å². The van der Waals surface area contributed by atoms with Crippen molar-refractivity contribution in [2.24, 2.45) is 5.73 Å². The predicted molar refractivity (Wildman–Crippen MR) is 41.5 cm³/mol. The summed E-state index contributed by atoms with van der Waals surface area (Å²) in [5.41, 5.74) is 5.36. The van der Waals surface area contributed by atoms with Crippen molar-refractivity contribution in [3.05, 3.63) is 22.1 Å². The lowest BCUT2D eigenvalue weighted by atomic mass is 10.5. The molecular weight excluding hydrogens is 220 g/mol. The number of hydrogen-bond acceptors (Lipinski definition) is 1. The standard InChI is InChI=1S/C5H5FIN/c6-4-1-2-5(8)7-3-4/h1-3H,8H2. The van der Waals surface area contributed by atoms with Crippen molar-refractivity contribution in [1.29, 1.82) is 0 Å². The summed E-state index contributed by atoms with van der Waals surface area (Å²) >= 11 is -0.318. The van der Waals surface area contributed by atoms with E-state index in [9.17, 15) is 4.39 Å². The summed E-state index contributed by atoms with van der Waals surface area (Å²) in [5.74, 6) is -0.146. The number of nitrogens with two attached hydrogens (primary N) is 1. The normalized spacial score (nSPS) is 18.8. The first-order chi connectivity index (χ1) is 3.79. The summed E-state index contributed by atoms with van der Waals surface area (Å²) < 4.78 is 14.5. The third-order valence-corrected chi connectivity index (χ3v) is 2.67. The summed E-state index contributed by atoms with van der Waals surface area (Å²) in [6.45, 7) is 0. The molecule has 0 bridgehead atoms. The Labute approximate surface area is 56.8 Å². The van der Waals surface area contributed by atoms with Crippen LogP contribution in [0.2, 0.25) is 0 Å². The van der Waals surface area contributed by atoms with Crippen LogP contribution in [0.25, 0.3) is 0 Å². The maximum atomic E-state index is 12.1. The monoisotopic (exact) mass is 225 g/mol. The fraction of sp³-hybridized carbons (Fsp3) is 0. The molecule has 0 aromatic carbocycles. The molecule has 0 spiro atoms. The molecule has 2 N–H and O–H groups in total. The Kier molecular flexibility index (Phi) is 1.90. The molecule has 1 heterocycles. The van der Waals surface area contributed by atoms with Crippen LogP contribution in [0.5, 0.6) is 0 Å². The highest BCUT2D eigenvalue weighted by Gasteiger charge is 1.91. The lowest BCUT2D eigenvalue weighted by Gasteiger charge is -1.92. The minimum Gasteiger partial charge on any atom is -0.298 e. The number of halogens is 2. The van der Waals surface area contributed by atoms with Crippen molar-refractivity contribution < 1.29 is 4.39 Å². The lowest BCUT2D eigenvalue weighted by Crippen LogP contribution is -2.04. The van der Waals surface area contributed by atoms with E-state index in [1.807, 2.05) is 0 Å². The van der Waals surface area contributed by atoms with Crippen molar-refractivity contribution >= 4 is 24.4 Å². The second-order valence-corrected chi connectivity index (χ2v) is 3.81. The third-order valence-electron chi connectivity index (χ3n) is 0.687. The van der Waals surface area contributed by atoms with Crippen molar-refractivity contribution in [3.8, 4) is 0 Å². The van der Waals surface area contributed by atoms with Gasteiger partial charge in [-0.25, -0.2) is 4.39 Å². The first-order valence-electron chi connectivity index (χ1n) is 2.08. The van der Waals surface area contributed by atoms with Crippen LogP contribution in [-0.4, -0.2) is 3.63 Å². The predicted octanol–water partition coefficient (Wildman–Crippen LogP) is 1.43. The van der Waals surface area contributed by atoms with E-state index in [4.69, 9.17) is 5.73 Å². The topological polar surface area (TPSA) is 26.0 Å². The van der Waals surface area contributed by atoms with E-state index in [0.29, 0.717) is 0 Å². The first-order valence-corrected chi connectivity index (χ1v) is 4.41. The SMILES string of the molecule is NC1=IC=C(F)C=C1. The van der Waals surface area contributed by atoms with E-state index in [1.54, 1.807) is 10.2 Å². The first kappa shape index (κ1) is 6.10. The van der Waals surface area contributed by atoms with Crippen LogP contribution in [0.1, 0.15) is 0 Å². The second kappa shape index (κ2) is 2.50. The fourth-order valence-corrected chi connectivity index (χ4v) is 1.60. The van der Waals surface area contributed by atoms with Crippen LogP contribution in [0.3, 0.4) is 0 Å². The maximum absolute atomic E-state index is 12.1. The molecule has 0 aromatic heterocycles. The zero-order valence-corrected chi connectivity index (χ0v) is 6.22. The number of hydrogen-bond donors (Lipinski definition) is 1. The second-order valence-electron chi connectivity index (χ2n) is 1.32. The van der Waals surface area contributed by atoms with Gasteiger partial charge in [-0.05, 0) is 12.2 Å². The van der Waals surface area contributed by atoms with E-state index < -0.39 is 0 Å². The minimum atomic E-state index is -0.318. The third kappa shape index (κ3) is 1.48. The Morgan fingerprint density at radius 2 is 2.25 bits per heavy atom. The van der Waals surface area contributed by atoms with E-state index in [2.05, 4.69) is 0 Å². The minimum absolute atomic E-state index is 0.146. The van der Waals surface area contributed by atoms with Crippen LogP contribution in [-0.2, 0) is 0 Å². The van der Waals surface area contributed by atoms with Crippen LogP contribution in [0.15, 0.2) is 22.1 Å². The molecule has 0 aromatic rings. The maximum Gasteiger partial charge on any atom is 0.128 e. The van der Waals surface area contributed by atoms with Crippen molar-refractivity contribution in [2.45, 2.75) is 0 Å². The van der Waals surface area contributed by atoms with Crippen molar-refractivity contribution in [3.63, 3.8) is 0 Å². The molecule has 0 saturated heterocycles. The lowest BCUT2D eigenvalue weighted by molar-refractivity contribution is 0.671. The molecule has 3 heteroatoms. The smallest absolute Gasteiger partial charge is 0.128 e. The van der Waals surface area contributed by atoms with E-state index >= 15 is 0 Å². The van der Waals surface area contributed by atoms with Gasteiger partial charge >= 0.3 is 0 Å². The Hall–Kier alpha value is -0.0300. The molecule has 0 amide bonds. The van der Waals surface area contributed by atoms with Gasteiger partial charge in [0.15, 0.2) is 0 Å². The molecule has 0 unspecified atom stereocenters. The van der Waals surface area contributed by atoms with Crippen molar-refractivity contribution in [2.75, 3.05) is 0 Å². The summed E-state index contributed by atoms with van der Waals surface area (Å²) in [6, 6.07) is 0. The molecular formula is C5H5FIN. The molecule has 0 radical (unpaired) electrons. The van der Waals surface area contributed by atoms with Crippen LogP contribution in [0, 0.1) is 0 Å². The molecule has 0 aliphatic carbocycles. The summed E-state index contributed by atoms with van der Waals surface area (Å²) in [7, 11) is 0. The summed E-state index contributed by atoms with van der Waals surface area (Å²) in [4.78, 5) is 0. The fourth-order valence-electron chi connectivity index (χ4n) is 0.347. The van der Waals surface area contributed by atoms with Gasteiger partial charge in [0.1, 0.15) is 5.83 Å². The van der Waals surface area contributed by atoms with Gasteiger partial charge in [-0.2, -0.15) is 0 Å². The highest BCUT2D eigenvalue weighted by atomic mass is 127. The quantitative estimate of drug-likeness (QED) is 0.620. The van der Waals surface area contributed by atoms with Gasteiger partial charge in [0, 0.05) is 7.72 Å². The Balaban J connectivity index is 2.86. The van der Waals surface area contributed by atoms with Gasteiger partial charge in [0.2, 0.25) is 0 Å². The molecule has 44 valence electrons. The molecule has 0 atom stereocenters. The Morgan fingerprint density at radius 3 is 2.62 bits per heavy atom.